The smallest absolute Gasteiger partial charge is 0.236 e. The second-order valence-corrected chi connectivity index (χ2v) is 5.88. The van der Waals surface area contributed by atoms with Gasteiger partial charge in [-0.25, -0.2) is 0 Å². The summed E-state index contributed by atoms with van der Waals surface area (Å²) in [7, 11) is 1.87. The maximum absolute atomic E-state index is 12.2. The number of halogens is 1. The first kappa shape index (κ1) is 18.0. The Balaban J connectivity index is 0.00000220. The standard InChI is InChI=1S/C16H25N3O.ClH/c1-13(17)15-8-9-19(11-15)12-16(20)18(2)10-14-6-4-3-5-7-14;/h3-7,13,15H,8-12,17H2,1-2H3;1H. The van der Waals surface area contributed by atoms with Crippen LogP contribution in [0.2, 0.25) is 0 Å². The van der Waals surface area contributed by atoms with Crippen molar-refractivity contribution in [3.63, 3.8) is 0 Å². The third kappa shape index (κ3) is 5.30. The van der Waals surface area contributed by atoms with Crippen molar-refractivity contribution in [1.82, 2.24) is 9.80 Å². The average Bonchev–Trinajstić information content (AvgIpc) is 2.88. The van der Waals surface area contributed by atoms with Gasteiger partial charge in [-0.2, -0.15) is 0 Å². The molecule has 0 saturated carbocycles. The molecule has 2 atom stereocenters. The number of benzene rings is 1. The lowest BCUT2D eigenvalue weighted by Crippen LogP contribution is -2.38. The van der Waals surface area contributed by atoms with E-state index in [-0.39, 0.29) is 24.4 Å². The summed E-state index contributed by atoms with van der Waals surface area (Å²) in [6.45, 7) is 5.16. The lowest BCUT2D eigenvalue weighted by molar-refractivity contribution is -0.131. The second-order valence-electron chi connectivity index (χ2n) is 5.88. The van der Waals surface area contributed by atoms with Crippen LogP contribution in [-0.4, -0.2) is 48.4 Å². The van der Waals surface area contributed by atoms with Crippen molar-refractivity contribution in [2.75, 3.05) is 26.7 Å². The monoisotopic (exact) mass is 311 g/mol. The van der Waals surface area contributed by atoms with E-state index in [1.54, 1.807) is 4.90 Å². The predicted molar refractivity (Wildman–Crippen MR) is 88.4 cm³/mol. The van der Waals surface area contributed by atoms with E-state index in [0.29, 0.717) is 19.0 Å². The third-order valence-corrected chi connectivity index (χ3v) is 4.10. The van der Waals surface area contributed by atoms with Crippen LogP contribution >= 0.6 is 12.4 Å². The molecule has 1 heterocycles. The van der Waals surface area contributed by atoms with E-state index < -0.39 is 0 Å². The van der Waals surface area contributed by atoms with Crippen LogP contribution in [0, 0.1) is 5.92 Å². The van der Waals surface area contributed by atoms with Crippen LogP contribution in [0.5, 0.6) is 0 Å². The highest BCUT2D eigenvalue weighted by atomic mass is 35.5. The van der Waals surface area contributed by atoms with Gasteiger partial charge in [-0.05, 0) is 31.4 Å². The summed E-state index contributed by atoms with van der Waals surface area (Å²) in [6.07, 6.45) is 1.10. The molecule has 0 spiro atoms. The van der Waals surface area contributed by atoms with Crippen LogP contribution in [0.1, 0.15) is 18.9 Å². The summed E-state index contributed by atoms with van der Waals surface area (Å²) >= 11 is 0. The molecule has 118 valence electrons. The van der Waals surface area contributed by atoms with Crippen molar-refractivity contribution in [2.24, 2.45) is 11.7 Å². The molecular weight excluding hydrogens is 286 g/mol. The number of hydrogen-bond acceptors (Lipinski definition) is 3. The molecule has 1 aliphatic heterocycles. The predicted octanol–water partition coefficient (Wildman–Crippen LogP) is 1.74. The number of nitrogens with zero attached hydrogens (tertiary/aromatic N) is 2. The van der Waals surface area contributed by atoms with Gasteiger partial charge in [0, 0.05) is 26.2 Å². The number of hydrogen-bond donors (Lipinski definition) is 1. The molecule has 4 nitrogen and oxygen atoms in total. The van der Waals surface area contributed by atoms with E-state index >= 15 is 0 Å². The maximum atomic E-state index is 12.2. The molecule has 0 bridgehead atoms. The molecule has 0 radical (unpaired) electrons. The number of likely N-dealkylation sites (tertiary alicyclic amines) is 1. The van der Waals surface area contributed by atoms with Crippen molar-refractivity contribution in [1.29, 1.82) is 0 Å². The van der Waals surface area contributed by atoms with Crippen LogP contribution in [-0.2, 0) is 11.3 Å². The van der Waals surface area contributed by atoms with Gasteiger partial charge in [-0.3, -0.25) is 9.69 Å². The fraction of sp³-hybridized carbons (Fsp3) is 0.562. The molecule has 2 unspecified atom stereocenters. The average molecular weight is 312 g/mol. The first-order valence-corrected chi connectivity index (χ1v) is 7.32. The molecule has 21 heavy (non-hydrogen) atoms. The van der Waals surface area contributed by atoms with E-state index in [0.717, 1.165) is 19.5 Å². The molecule has 2 rings (SSSR count). The van der Waals surface area contributed by atoms with Gasteiger partial charge in [0.2, 0.25) is 5.91 Å². The van der Waals surface area contributed by atoms with Crippen LogP contribution < -0.4 is 5.73 Å². The maximum Gasteiger partial charge on any atom is 0.236 e. The van der Waals surface area contributed by atoms with Gasteiger partial charge in [0.25, 0.3) is 0 Å². The molecule has 1 aliphatic rings. The summed E-state index contributed by atoms with van der Waals surface area (Å²) in [5, 5.41) is 0. The number of amides is 1. The SMILES string of the molecule is CC(N)C1CCN(CC(=O)N(C)Cc2ccccc2)C1.Cl. The summed E-state index contributed by atoms with van der Waals surface area (Å²) < 4.78 is 0. The molecule has 5 heteroatoms. The Morgan fingerprint density at radius 3 is 2.67 bits per heavy atom. The van der Waals surface area contributed by atoms with Gasteiger partial charge in [0.15, 0.2) is 0 Å². The van der Waals surface area contributed by atoms with Gasteiger partial charge >= 0.3 is 0 Å². The Kier molecular flexibility index (Phi) is 7.15. The van der Waals surface area contributed by atoms with E-state index in [9.17, 15) is 4.79 Å². The highest BCUT2D eigenvalue weighted by molar-refractivity contribution is 5.85. The quantitative estimate of drug-likeness (QED) is 0.901. The number of nitrogens with two attached hydrogens (primary N) is 1. The third-order valence-electron chi connectivity index (χ3n) is 4.10. The minimum atomic E-state index is 0. The molecule has 2 N–H and O–H groups in total. The van der Waals surface area contributed by atoms with Crippen LogP contribution in [0.3, 0.4) is 0 Å². The number of carbonyl (C=O) groups is 1. The zero-order valence-corrected chi connectivity index (χ0v) is 13.7. The largest absolute Gasteiger partial charge is 0.340 e. The molecule has 1 fully saturated rings. The van der Waals surface area contributed by atoms with Gasteiger partial charge in [-0.15, -0.1) is 12.4 Å². The molecule has 1 aromatic rings. The van der Waals surface area contributed by atoms with E-state index in [1.807, 2.05) is 37.4 Å². The summed E-state index contributed by atoms with van der Waals surface area (Å²) in [5.74, 6) is 0.710. The van der Waals surface area contributed by atoms with E-state index in [2.05, 4.69) is 11.8 Å². The lowest BCUT2D eigenvalue weighted by atomic mass is 10.0. The lowest BCUT2D eigenvalue weighted by Gasteiger charge is -2.22. The molecule has 1 amide bonds. The van der Waals surface area contributed by atoms with Crippen LogP contribution in [0.25, 0.3) is 0 Å². The van der Waals surface area contributed by atoms with Gasteiger partial charge in [-0.1, -0.05) is 30.3 Å². The first-order valence-electron chi connectivity index (χ1n) is 7.32. The normalized spacial score (nSPS) is 19.9. The van der Waals surface area contributed by atoms with Crippen molar-refractivity contribution in [3.8, 4) is 0 Å². The number of rotatable bonds is 5. The first-order chi connectivity index (χ1) is 9.56. The second kappa shape index (κ2) is 8.37. The minimum Gasteiger partial charge on any atom is -0.340 e. The van der Waals surface area contributed by atoms with Gasteiger partial charge in [0.1, 0.15) is 0 Å². The van der Waals surface area contributed by atoms with Gasteiger partial charge < -0.3 is 10.6 Å². The fourth-order valence-electron chi connectivity index (χ4n) is 2.69. The topological polar surface area (TPSA) is 49.6 Å². The van der Waals surface area contributed by atoms with Crippen molar-refractivity contribution in [2.45, 2.75) is 25.9 Å². The molecule has 0 aliphatic carbocycles. The number of carbonyl (C=O) groups excluding carboxylic acids is 1. The zero-order valence-electron chi connectivity index (χ0n) is 12.9. The highest BCUT2D eigenvalue weighted by Gasteiger charge is 2.27. The van der Waals surface area contributed by atoms with Crippen molar-refractivity contribution < 1.29 is 4.79 Å². The van der Waals surface area contributed by atoms with Gasteiger partial charge in [0.05, 0.1) is 6.54 Å². The van der Waals surface area contributed by atoms with E-state index in [4.69, 9.17) is 5.73 Å². The molecule has 0 aromatic heterocycles. The van der Waals surface area contributed by atoms with Crippen molar-refractivity contribution >= 4 is 18.3 Å². The van der Waals surface area contributed by atoms with Crippen molar-refractivity contribution in [3.05, 3.63) is 35.9 Å². The summed E-state index contributed by atoms with van der Waals surface area (Å²) in [6, 6.07) is 10.3. The minimum absolute atomic E-state index is 0. The van der Waals surface area contributed by atoms with E-state index in [1.165, 1.54) is 5.56 Å². The summed E-state index contributed by atoms with van der Waals surface area (Å²) in [4.78, 5) is 16.3. The Morgan fingerprint density at radius 2 is 2.10 bits per heavy atom. The van der Waals surface area contributed by atoms with Crippen LogP contribution in [0.4, 0.5) is 0 Å². The number of likely N-dealkylation sites (N-methyl/N-ethyl adjacent to an activating group) is 1. The highest BCUT2D eigenvalue weighted by Crippen LogP contribution is 2.18. The fourth-order valence-corrected chi connectivity index (χ4v) is 2.69. The molecular formula is C16H26ClN3O. The molecule has 1 aromatic carbocycles. The summed E-state index contributed by atoms with van der Waals surface area (Å²) in [5.41, 5.74) is 7.10. The Bertz CT molecular complexity index is 438. The van der Waals surface area contributed by atoms with Crippen LogP contribution in [0.15, 0.2) is 30.3 Å². The zero-order chi connectivity index (χ0) is 14.5. The Labute approximate surface area is 133 Å². The Hall–Kier alpha value is -1.10. The molecule has 1 saturated heterocycles. The Morgan fingerprint density at radius 1 is 1.43 bits per heavy atom.